The van der Waals surface area contributed by atoms with Crippen LogP contribution in [0.25, 0.3) is 0 Å². The number of likely N-dealkylation sites (N-methyl/N-ethyl adjacent to an activating group) is 1. The van der Waals surface area contributed by atoms with Crippen LogP contribution in [-0.2, 0) is 11.2 Å². The monoisotopic (exact) mass is 276 g/mol. The molecule has 4 nitrogen and oxygen atoms in total. The van der Waals surface area contributed by atoms with Gasteiger partial charge in [-0.3, -0.25) is 4.79 Å². The van der Waals surface area contributed by atoms with Crippen LogP contribution in [0.3, 0.4) is 0 Å². The summed E-state index contributed by atoms with van der Waals surface area (Å²) in [6, 6.07) is 5.73. The van der Waals surface area contributed by atoms with Crippen molar-refractivity contribution in [3.8, 4) is 5.75 Å². The van der Waals surface area contributed by atoms with Gasteiger partial charge in [-0.2, -0.15) is 0 Å². The van der Waals surface area contributed by atoms with Crippen LogP contribution >= 0.6 is 0 Å². The molecule has 1 aromatic carbocycles. The summed E-state index contributed by atoms with van der Waals surface area (Å²) in [4.78, 5) is 12.2. The Hall–Kier alpha value is -1.55. The summed E-state index contributed by atoms with van der Waals surface area (Å²) in [5.41, 5.74) is 2.02. The summed E-state index contributed by atoms with van der Waals surface area (Å²) in [5.74, 6) is 0.972. The molecule has 0 saturated carbocycles. The summed E-state index contributed by atoms with van der Waals surface area (Å²) in [7, 11) is 1.83. The molecule has 4 heteroatoms. The van der Waals surface area contributed by atoms with Crippen LogP contribution in [0.5, 0.6) is 5.75 Å². The molecular weight excluding hydrogens is 252 g/mol. The predicted octanol–water partition coefficient (Wildman–Crippen LogP) is 2.73. The van der Waals surface area contributed by atoms with E-state index in [-0.39, 0.29) is 18.1 Å². The van der Waals surface area contributed by atoms with Crippen LogP contribution in [0.15, 0.2) is 18.2 Å². The first-order valence-corrected chi connectivity index (χ1v) is 7.41. The number of nitrogens with one attached hydrogen (secondary N) is 2. The Morgan fingerprint density at radius 1 is 1.50 bits per heavy atom. The maximum atomic E-state index is 12.2. The molecule has 2 N–H and O–H groups in total. The van der Waals surface area contributed by atoms with Gasteiger partial charge in [0.05, 0.1) is 6.04 Å². The Morgan fingerprint density at radius 2 is 2.30 bits per heavy atom. The first-order chi connectivity index (χ1) is 9.63. The van der Waals surface area contributed by atoms with Gasteiger partial charge in [-0.05, 0) is 44.2 Å². The minimum absolute atomic E-state index is 0.0351. The Bertz CT molecular complexity index is 474. The van der Waals surface area contributed by atoms with E-state index in [9.17, 15) is 4.79 Å². The minimum Gasteiger partial charge on any atom is -0.490 e. The van der Waals surface area contributed by atoms with Gasteiger partial charge in [0.25, 0.3) is 0 Å². The van der Waals surface area contributed by atoms with Crippen molar-refractivity contribution in [3.05, 3.63) is 23.8 Å². The Morgan fingerprint density at radius 3 is 3.00 bits per heavy atom. The summed E-state index contributed by atoms with van der Waals surface area (Å²) in [6.45, 7) is 4.19. The third-order valence-corrected chi connectivity index (χ3v) is 3.67. The highest BCUT2D eigenvalue weighted by atomic mass is 16.5. The molecule has 0 radical (unpaired) electrons. The van der Waals surface area contributed by atoms with Gasteiger partial charge >= 0.3 is 0 Å². The van der Waals surface area contributed by atoms with Gasteiger partial charge < -0.3 is 15.4 Å². The lowest BCUT2D eigenvalue weighted by molar-refractivity contribution is -0.118. The van der Waals surface area contributed by atoms with E-state index >= 15 is 0 Å². The van der Waals surface area contributed by atoms with Gasteiger partial charge in [0.15, 0.2) is 0 Å². The first kappa shape index (κ1) is 14.9. The second kappa shape index (κ2) is 6.75. The van der Waals surface area contributed by atoms with Crippen molar-refractivity contribution in [1.82, 2.24) is 5.32 Å². The maximum absolute atomic E-state index is 12.2. The highest BCUT2D eigenvalue weighted by Crippen LogP contribution is 2.30. The smallest absolute Gasteiger partial charge is 0.241 e. The van der Waals surface area contributed by atoms with Crippen LogP contribution in [0.2, 0.25) is 0 Å². The highest BCUT2D eigenvalue weighted by molar-refractivity contribution is 5.95. The number of rotatable bonds is 6. The normalized spacial score (nSPS) is 18.2. The molecule has 0 fully saturated rings. The third-order valence-electron chi connectivity index (χ3n) is 3.67. The molecule has 0 bridgehead atoms. The van der Waals surface area contributed by atoms with Gasteiger partial charge in [0.2, 0.25) is 5.91 Å². The van der Waals surface area contributed by atoms with E-state index < -0.39 is 0 Å². The molecule has 1 heterocycles. The van der Waals surface area contributed by atoms with Crippen LogP contribution in [0.1, 0.15) is 38.7 Å². The van der Waals surface area contributed by atoms with Crippen molar-refractivity contribution >= 4 is 11.6 Å². The number of amides is 1. The van der Waals surface area contributed by atoms with Crippen molar-refractivity contribution in [2.24, 2.45) is 0 Å². The first-order valence-electron chi connectivity index (χ1n) is 7.41. The van der Waals surface area contributed by atoms with Crippen molar-refractivity contribution in [3.63, 3.8) is 0 Å². The fourth-order valence-corrected chi connectivity index (χ4v) is 2.54. The molecule has 1 aliphatic heterocycles. The molecule has 0 unspecified atom stereocenters. The average molecular weight is 276 g/mol. The Labute approximate surface area is 120 Å². The highest BCUT2D eigenvalue weighted by Gasteiger charge is 2.20. The number of carbonyl (C=O) groups excluding carboxylic acids is 1. The van der Waals surface area contributed by atoms with E-state index in [0.29, 0.717) is 0 Å². The number of hydrogen-bond donors (Lipinski definition) is 2. The van der Waals surface area contributed by atoms with E-state index in [4.69, 9.17) is 4.74 Å². The quantitative estimate of drug-likeness (QED) is 0.840. The lowest BCUT2D eigenvalue weighted by atomic mass is 10.1. The van der Waals surface area contributed by atoms with Crippen LogP contribution in [-0.4, -0.2) is 25.1 Å². The molecule has 2 rings (SSSR count). The maximum Gasteiger partial charge on any atom is 0.241 e. The SMILES string of the molecule is CCCC[C@@H](NC)C(=O)Nc1ccc2c(c1)C[C@H](C)O2. The zero-order valence-electron chi connectivity index (χ0n) is 12.5. The zero-order valence-corrected chi connectivity index (χ0v) is 12.5. The van der Waals surface area contributed by atoms with Crippen LogP contribution < -0.4 is 15.4 Å². The molecular formula is C16H24N2O2. The predicted molar refractivity (Wildman–Crippen MR) is 81.2 cm³/mol. The molecule has 20 heavy (non-hydrogen) atoms. The number of hydrogen-bond acceptors (Lipinski definition) is 3. The van der Waals surface area contributed by atoms with E-state index in [1.165, 1.54) is 5.56 Å². The largest absolute Gasteiger partial charge is 0.490 e. The third kappa shape index (κ3) is 3.51. The van der Waals surface area contributed by atoms with Crippen molar-refractivity contribution < 1.29 is 9.53 Å². The molecule has 0 saturated heterocycles. The number of carbonyl (C=O) groups is 1. The fraction of sp³-hybridized carbons (Fsp3) is 0.562. The van der Waals surface area contributed by atoms with Crippen LogP contribution in [0.4, 0.5) is 5.69 Å². The summed E-state index contributed by atoms with van der Waals surface area (Å²) >= 11 is 0. The number of anilines is 1. The Balaban J connectivity index is 1.99. The standard InChI is InChI=1S/C16H24N2O2/c1-4-5-6-14(17-3)16(19)18-13-7-8-15-12(10-13)9-11(2)20-15/h7-8,10-11,14,17H,4-6,9H2,1-3H3,(H,18,19)/t11-,14+/m0/s1. The van der Waals surface area contributed by atoms with Gasteiger partial charge in [0, 0.05) is 12.1 Å². The van der Waals surface area contributed by atoms with Gasteiger partial charge in [-0.15, -0.1) is 0 Å². The minimum atomic E-state index is -0.127. The summed E-state index contributed by atoms with van der Waals surface area (Å²) in [5, 5.41) is 6.07. The number of fused-ring (bicyclic) bond motifs is 1. The summed E-state index contributed by atoms with van der Waals surface area (Å²) in [6.07, 6.45) is 4.15. The van der Waals surface area contributed by atoms with E-state index in [1.54, 1.807) is 0 Å². The molecule has 0 aliphatic carbocycles. The molecule has 1 aliphatic rings. The van der Waals surface area contributed by atoms with E-state index in [0.717, 1.165) is 37.1 Å². The van der Waals surface area contributed by atoms with Crippen molar-refractivity contribution in [2.75, 3.05) is 12.4 Å². The van der Waals surface area contributed by atoms with Crippen molar-refractivity contribution in [2.45, 2.75) is 51.7 Å². The number of benzene rings is 1. The molecule has 0 aromatic heterocycles. The second-order valence-corrected chi connectivity index (χ2v) is 5.43. The van der Waals surface area contributed by atoms with E-state index in [1.807, 2.05) is 25.2 Å². The Kier molecular flexibility index (Phi) is 5.01. The average Bonchev–Trinajstić information content (AvgIpc) is 2.79. The molecule has 1 aromatic rings. The van der Waals surface area contributed by atoms with Gasteiger partial charge in [-0.25, -0.2) is 0 Å². The second-order valence-electron chi connectivity index (χ2n) is 5.43. The molecule has 110 valence electrons. The lowest BCUT2D eigenvalue weighted by Crippen LogP contribution is -2.38. The molecule has 1 amide bonds. The zero-order chi connectivity index (χ0) is 14.5. The fourth-order valence-electron chi connectivity index (χ4n) is 2.54. The van der Waals surface area contributed by atoms with Crippen molar-refractivity contribution in [1.29, 1.82) is 0 Å². The number of unbranched alkanes of at least 4 members (excludes halogenated alkanes) is 1. The molecule has 0 spiro atoms. The number of ether oxygens (including phenoxy) is 1. The lowest BCUT2D eigenvalue weighted by Gasteiger charge is -2.16. The molecule has 2 atom stereocenters. The van der Waals surface area contributed by atoms with Crippen LogP contribution in [0, 0.1) is 0 Å². The summed E-state index contributed by atoms with van der Waals surface area (Å²) < 4.78 is 5.66. The van der Waals surface area contributed by atoms with E-state index in [2.05, 4.69) is 24.5 Å². The van der Waals surface area contributed by atoms with Gasteiger partial charge in [0.1, 0.15) is 11.9 Å². The van der Waals surface area contributed by atoms with Gasteiger partial charge in [-0.1, -0.05) is 19.8 Å². The topological polar surface area (TPSA) is 50.4 Å².